The standard InChI is InChI=1S/C19H27N5O2/c1-22(2)15-19(26)9-5-12-23(14-10-19)18(25)21-16-7-3-4-8-17(16)24-13-6-11-20-24/h3-4,6-8,11,13,26H,5,9-10,12,14-15H2,1-2H3,(H,21,25)/t19-/m1/s1. The van der Waals surface area contributed by atoms with E-state index in [1.807, 2.05) is 55.5 Å². The van der Waals surface area contributed by atoms with Gasteiger partial charge in [0.2, 0.25) is 0 Å². The van der Waals surface area contributed by atoms with E-state index in [1.165, 1.54) is 0 Å². The summed E-state index contributed by atoms with van der Waals surface area (Å²) in [5.41, 5.74) is 0.810. The smallest absolute Gasteiger partial charge is 0.321 e. The summed E-state index contributed by atoms with van der Waals surface area (Å²) in [5, 5.41) is 18.0. The summed E-state index contributed by atoms with van der Waals surface area (Å²) in [6, 6.07) is 9.30. The van der Waals surface area contributed by atoms with E-state index in [-0.39, 0.29) is 6.03 Å². The second kappa shape index (κ2) is 7.88. The Kier molecular flexibility index (Phi) is 5.58. The van der Waals surface area contributed by atoms with Gasteiger partial charge in [-0.1, -0.05) is 12.1 Å². The lowest BCUT2D eigenvalue weighted by Crippen LogP contribution is -2.42. The molecule has 1 aliphatic heterocycles. The van der Waals surface area contributed by atoms with E-state index < -0.39 is 5.60 Å². The van der Waals surface area contributed by atoms with Crippen LogP contribution in [0.4, 0.5) is 10.5 Å². The average Bonchev–Trinajstić information content (AvgIpc) is 3.05. The number of hydrogen-bond acceptors (Lipinski definition) is 4. The molecule has 2 aromatic rings. The minimum Gasteiger partial charge on any atom is -0.388 e. The molecule has 1 aromatic carbocycles. The highest BCUT2D eigenvalue weighted by atomic mass is 16.3. The molecule has 0 spiro atoms. The van der Waals surface area contributed by atoms with E-state index in [4.69, 9.17) is 0 Å². The van der Waals surface area contributed by atoms with Crippen LogP contribution in [0.1, 0.15) is 19.3 Å². The fourth-order valence-corrected chi connectivity index (χ4v) is 3.51. The van der Waals surface area contributed by atoms with Gasteiger partial charge in [-0.15, -0.1) is 0 Å². The van der Waals surface area contributed by atoms with Gasteiger partial charge < -0.3 is 20.2 Å². The number of likely N-dealkylation sites (tertiary alicyclic amines) is 1. The summed E-state index contributed by atoms with van der Waals surface area (Å²) >= 11 is 0. The number of aliphatic hydroxyl groups is 1. The lowest BCUT2D eigenvalue weighted by Gasteiger charge is -2.30. The molecule has 0 saturated carbocycles. The Morgan fingerprint density at radius 2 is 2.08 bits per heavy atom. The average molecular weight is 357 g/mol. The van der Waals surface area contributed by atoms with Gasteiger partial charge >= 0.3 is 6.03 Å². The van der Waals surface area contributed by atoms with E-state index in [1.54, 1.807) is 15.8 Å². The number of urea groups is 1. The molecule has 0 aliphatic carbocycles. The van der Waals surface area contributed by atoms with Gasteiger partial charge in [0.1, 0.15) is 0 Å². The molecule has 3 rings (SSSR count). The SMILES string of the molecule is CN(C)C[C@@]1(O)CCCN(C(=O)Nc2ccccc2-n2cccn2)CC1. The van der Waals surface area contributed by atoms with Crippen molar-refractivity contribution in [1.29, 1.82) is 0 Å². The molecular formula is C19H27N5O2. The fraction of sp³-hybridized carbons (Fsp3) is 0.474. The Morgan fingerprint density at radius 1 is 1.27 bits per heavy atom. The van der Waals surface area contributed by atoms with Gasteiger partial charge in [0.05, 0.1) is 17.0 Å². The van der Waals surface area contributed by atoms with Crippen molar-refractivity contribution in [1.82, 2.24) is 19.6 Å². The molecule has 1 atom stereocenters. The summed E-state index contributed by atoms with van der Waals surface area (Å²) < 4.78 is 1.73. The number of anilines is 1. The first kappa shape index (κ1) is 18.4. The first-order valence-electron chi connectivity index (χ1n) is 8.99. The minimum absolute atomic E-state index is 0.140. The van der Waals surface area contributed by atoms with Crippen LogP contribution in [0.5, 0.6) is 0 Å². The molecule has 1 fully saturated rings. The molecule has 26 heavy (non-hydrogen) atoms. The number of aromatic nitrogens is 2. The summed E-state index contributed by atoms with van der Waals surface area (Å²) in [4.78, 5) is 16.5. The van der Waals surface area contributed by atoms with Crippen LogP contribution in [0.15, 0.2) is 42.7 Å². The Morgan fingerprint density at radius 3 is 2.81 bits per heavy atom. The zero-order valence-corrected chi connectivity index (χ0v) is 15.4. The predicted molar refractivity (Wildman–Crippen MR) is 102 cm³/mol. The Hall–Kier alpha value is -2.38. The molecule has 7 nitrogen and oxygen atoms in total. The lowest BCUT2D eigenvalue weighted by atomic mass is 9.94. The number of rotatable bonds is 4. The number of benzene rings is 1. The number of para-hydroxylation sites is 2. The molecule has 0 radical (unpaired) electrons. The largest absolute Gasteiger partial charge is 0.388 e. The molecule has 1 aromatic heterocycles. The number of hydrogen-bond donors (Lipinski definition) is 2. The monoisotopic (exact) mass is 357 g/mol. The number of nitrogens with zero attached hydrogens (tertiary/aromatic N) is 4. The van der Waals surface area contributed by atoms with Crippen molar-refractivity contribution in [2.45, 2.75) is 24.9 Å². The normalized spacial score (nSPS) is 20.8. The van der Waals surface area contributed by atoms with E-state index in [2.05, 4.69) is 10.4 Å². The molecule has 2 heterocycles. The number of carbonyl (C=O) groups is 1. The van der Waals surface area contributed by atoms with Crippen molar-refractivity contribution in [3.05, 3.63) is 42.7 Å². The van der Waals surface area contributed by atoms with Crippen molar-refractivity contribution in [2.24, 2.45) is 0 Å². The van der Waals surface area contributed by atoms with Crippen LogP contribution in [0, 0.1) is 0 Å². The van der Waals surface area contributed by atoms with Gasteiger partial charge in [-0.3, -0.25) is 0 Å². The van der Waals surface area contributed by atoms with Crippen LogP contribution in [0.2, 0.25) is 0 Å². The minimum atomic E-state index is -0.731. The quantitative estimate of drug-likeness (QED) is 0.880. The lowest BCUT2D eigenvalue weighted by molar-refractivity contribution is 0.00361. The highest BCUT2D eigenvalue weighted by Gasteiger charge is 2.32. The third-order valence-corrected chi connectivity index (χ3v) is 4.71. The fourth-order valence-electron chi connectivity index (χ4n) is 3.51. The zero-order valence-electron chi connectivity index (χ0n) is 15.4. The topological polar surface area (TPSA) is 73.6 Å². The van der Waals surface area contributed by atoms with Crippen molar-refractivity contribution in [3.8, 4) is 5.69 Å². The Bertz CT molecular complexity index is 731. The van der Waals surface area contributed by atoms with Crippen LogP contribution in [-0.2, 0) is 0 Å². The van der Waals surface area contributed by atoms with Gasteiger partial charge in [0.25, 0.3) is 0 Å². The van der Waals surface area contributed by atoms with Crippen LogP contribution < -0.4 is 5.32 Å². The van der Waals surface area contributed by atoms with E-state index in [0.29, 0.717) is 38.2 Å². The Balaban J connectivity index is 1.68. The van der Waals surface area contributed by atoms with E-state index in [0.717, 1.165) is 12.1 Å². The second-order valence-electron chi connectivity index (χ2n) is 7.20. The predicted octanol–water partition coefficient (Wildman–Crippen LogP) is 2.18. The number of amides is 2. The highest BCUT2D eigenvalue weighted by Crippen LogP contribution is 2.24. The molecule has 0 unspecified atom stereocenters. The van der Waals surface area contributed by atoms with Crippen molar-refractivity contribution in [2.75, 3.05) is 39.0 Å². The third kappa shape index (κ3) is 4.42. The summed E-state index contributed by atoms with van der Waals surface area (Å²) in [7, 11) is 3.92. The number of likely N-dealkylation sites (N-methyl/N-ethyl adjacent to an activating group) is 1. The van der Waals surface area contributed by atoms with Gasteiger partial charge in [0, 0.05) is 32.0 Å². The molecule has 140 valence electrons. The second-order valence-corrected chi connectivity index (χ2v) is 7.20. The molecule has 0 bridgehead atoms. The van der Waals surface area contributed by atoms with Crippen LogP contribution in [-0.4, -0.2) is 70.0 Å². The summed E-state index contributed by atoms with van der Waals surface area (Å²) in [6.45, 7) is 1.80. The van der Waals surface area contributed by atoms with Gasteiger partial charge in [0.15, 0.2) is 0 Å². The van der Waals surface area contributed by atoms with Crippen molar-refractivity contribution >= 4 is 11.7 Å². The van der Waals surface area contributed by atoms with Crippen LogP contribution >= 0.6 is 0 Å². The third-order valence-electron chi connectivity index (χ3n) is 4.71. The maximum Gasteiger partial charge on any atom is 0.321 e. The number of carbonyl (C=O) groups excluding carboxylic acids is 1. The summed E-state index contributed by atoms with van der Waals surface area (Å²) in [5.74, 6) is 0. The van der Waals surface area contributed by atoms with Gasteiger partial charge in [-0.25, -0.2) is 9.48 Å². The Labute approximate surface area is 154 Å². The first-order valence-corrected chi connectivity index (χ1v) is 8.99. The van der Waals surface area contributed by atoms with Gasteiger partial charge in [-0.2, -0.15) is 5.10 Å². The molecule has 2 N–H and O–H groups in total. The van der Waals surface area contributed by atoms with Gasteiger partial charge in [-0.05, 0) is 51.6 Å². The summed E-state index contributed by atoms with van der Waals surface area (Å²) in [6.07, 6.45) is 5.63. The van der Waals surface area contributed by atoms with Crippen molar-refractivity contribution in [3.63, 3.8) is 0 Å². The van der Waals surface area contributed by atoms with E-state index in [9.17, 15) is 9.90 Å². The first-order chi connectivity index (χ1) is 12.5. The molecule has 7 heteroatoms. The number of nitrogens with one attached hydrogen (secondary N) is 1. The maximum absolute atomic E-state index is 12.8. The zero-order chi connectivity index (χ0) is 18.6. The molecule has 2 amide bonds. The van der Waals surface area contributed by atoms with Crippen molar-refractivity contribution < 1.29 is 9.90 Å². The highest BCUT2D eigenvalue weighted by molar-refractivity contribution is 5.91. The maximum atomic E-state index is 12.8. The molecular weight excluding hydrogens is 330 g/mol. The molecule has 1 saturated heterocycles. The van der Waals surface area contributed by atoms with Crippen LogP contribution in [0.25, 0.3) is 5.69 Å². The van der Waals surface area contributed by atoms with E-state index >= 15 is 0 Å². The molecule has 1 aliphatic rings. The van der Waals surface area contributed by atoms with Crippen LogP contribution in [0.3, 0.4) is 0 Å².